The molecule has 0 aliphatic heterocycles. The van der Waals surface area contributed by atoms with Crippen molar-refractivity contribution >= 4 is 11.6 Å². The second-order valence-electron chi connectivity index (χ2n) is 4.31. The molecule has 0 aliphatic rings. The van der Waals surface area contributed by atoms with E-state index in [1.54, 1.807) is 25.5 Å². The molecule has 0 bridgehead atoms. The Morgan fingerprint density at radius 3 is 2.82 bits per heavy atom. The van der Waals surface area contributed by atoms with E-state index in [0.717, 1.165) is 12.2 Å². The molecule has 0 aliphatic carbocycles. The highest BCUT2D eigenvalue weighted by Gasteiger charge is 2.13. The largest absolute Gasteiger partial charge is 0.386 e. The molecule has 1 rings (SSSR count). The van der Waals surface area contributed by atoms with Gasteiger partial charge in [0.15, 0.2) is 0 Å². The van der Waals surface area contributed by atoms with Crippen molar-refractivity contribution in [3.63, 3.8) is 0 Å². The second kappa shape index (κ2) is 6.20. The first-order valence-corrected chi connectivity index (χ1v) is 5.62. The summed E-state index contributed by atoms with van der Waals surface area (Å²) in [5.41, 5.74) is 1.36. The molecule has 2 N–H and O–H groups in total. The van der Waals surface area contributed by atoms with Crippen LogP contribution in [0, 0.1) is 0 Å². The van der Waals surface area contributed by atoms with E-state index in [-0.39, 0.29) is 11.9 Å². The van der Waals surface area contributed by atoms with Crippen molar-refractivity contribution in [1.82, 2.24) is 15.2 Å². The van der Waals surface area contributed by atoms with Gasteiger partial charge >= 0.3 is 0 Å². The van der Waals surface area contributed by atoms with E-state index in [2.05, 4.69) is 15.6 Å². The van der Waals surface area contributed by atoms with E-state index in [1.165, 1.54) is 0 Å². The van der Waals surface area contributed by atoms with E-state index in [1.807, 2.05) is 25.9 Å². The predicted molar refractivity (Wildman–Crippen MR) is 69.3 cm³/mol. The fraction of sp³-hybridized carbons (Fsp3) is 0.500. The number of carbonyl (C=O) groups excluding carboxylic acids is 1. The molecule has 5 heteroatoms. The maximum Gasteiger partial charge on any atom is 0.253 e. The third-order valence-corrected chi connectivity index (χ3v) is 2.35. The first kappa shape index (κ1) is 13.4. The number of likely N-dealkylation sites (N-methyl/N-ethyl adjacent to an activating group) is 1. The lowest BCUT2D eigenvalue weighted by Crippen LogP contribution is -2.39. The Morgan fingerprint density at radius 2 is 2.24 bits per heavy atom. The molecule has 0 spiro atoms. The van der Waals surface area contributed by atoms with E-state index >= 15 is 0 Å². The van der Waals surface area contributed by atoms with Crippen molar-refractivity contribution in [1.29, 1.82) is 0 Å². The molecule has 1 unspecified atom stereocenters. The molecule has 0 saturated carbocycles. The normalized spacial score (nSPS) is 12.3. The lowest BCUT2D eigenvalue weighted by Gasteiger charge is -2.19. The van der Waals surface area contributed by atoms with Crippen LogP contribution in [0.2, 0.25) is 0 Å². The molecule has 0 aromatic carbocycles. The van der Waals surface area contributed by atoms with Crippen LogP contribution in [0.25, 0.3) is 0 Å². The van der Waals surface area contributed by atoms with E-state index < -0.39 is 0 Å². The first-order chi connectivity index (χ1) is 8.04. The van der Waals surface area contributed by atoms with Crippen molar-refractivity contribution < 1.29 is 4.79 Å². The molecule has 1 aromatic rings. The Bertz CT molecular complexity index is 379. The summed E-state index contributed by atoms with van der Waals surface area (Å²) in [4.78, 5) is 18.0. The molecule has 94 valence electrons. The minimum atomic E-state index is -0.0777. The van der Waals surface area contributed by atoms with Crippen molar-refractivity contribution in [2.24, 2.45) is 0 Å². The van der Waals surface area contributed by atoms with Crippen LogP contribution in [0.15, 0.2) is 18.5 Å². The van der Waals surface area contributed by atoms with Gasteiger partial charge in [0.25, 0.3) is 5.91 Å². The summed E-state index contributed by atoms with van der Waals surface area (Å²) in [5, 5.41) is 5.91. The predicted octanol–water partition coefficient (Wildman–Crippen LogP) is 0.803. The number of rotatable bonds is 5. The smallest absolute Gasteiger partial charge is 0.253 e. The van der Waals surface area contributed by atoms with Gasteiger partial charge in [-0.25, -0.2) is 0 Å². The lowest BCUT2D eigenvalue weighted by atomic mass is 10.2. The number of nitrogens with zero attached hydrogens (tertiary/aromatic N) is 2. The summed E-state index contributed by atoms with van der Waals surface area (Å²) in [6.45, 7) is 2.80. The van der Waals surface area contributed by atoms with Crippen LogP contribution in [0.4, 0.5) is 5.69 Å². The molecule has 5 nitrogen and oxygen atoms in total. The summed E-state index contributed by atoms with van der Waals surface area (Å²) >= 11 is 0. The number of carbonyl (C=O) groups is 1. The Labute approximate surface area is 102 Å². The highest BCUT2D eigenvalue weighted by molar-refractivity contribution is 5.99. The van der Waals surface area contributed by atoms with Crippen LogP contribution in [-0.2, 0) is 0 Å². The first-order valence-electron chi connectivity index (χ1n) is 5.62. The summed E-state index contributed by atoms with van der Waals surface area (Å²) in [6, 6.07) is 1.82. The fourth-order valence-corrected chi connectivity index (χ4v) is 1.69. The second-order valence-corrected chi connectivity index (χ2v) is 4.31. The molecular formula is C12H20N4O. The molecule has 17 heavy (non-hydrogen) atoms. The average molecular weight is 236 g/mol. The summed E-state index contributed by atoms with van der Waals surface area (Å²) in [7, 11) is 5.74. The lowest BCUT2D eigenvalue weighted by molar-refractivity contribution is 0.0935. The highest BCUT2D eigenvalue weighted by atomic mass is 16.1. The molecule has 1 aromatic heterocycles. The minimum absolute atomic E-state index is 0.0777. The molecular weight excluding hydrogens is 216 g/mol. The van der Waals surface area contributed by atoms with Gasteiger partial charge in [-0.15, -0.1) is 0 Å². The molecule has 0 saturated heterocycles. The van der Waals surface area contributed by atoms with Gasteiger partial charge in [0.2, 0.25) is 0 Å². The van der Waals surface area contributed by atoms with Gasteiger partial charge in [-0.1, -0.05) is 0 Å². The average Bonchev–Trinajstić information content (AvgIpc) is 2.27. The number of pyridine rings is 1. The van der Waals surface area contributed by atoms with E-state index in [9.17, 15) is 4.79 Å². The van der Waals surface area contributed by atoms with Gasteiger partial charge in [0.1, 0.15) is 0 Å². The van der Waals surface area contributed by atoms with Crippen molar-refractivity contribution in [3.8, 4) is 0 Å². The number of amides is 1. The zero-order valence-electron chi connectivity index (χ0n) is 10.8. The van der Waals surface area contributed by atoms with Crippen molar-refractivity contribution in [2.45, 2.75) is 13.0 Å². The molecule has 0 fully saturated rings. The maximum atomic E-state index is 12.0. The van der Waals surface area contributed by atoms with Crippen LogP contribution in [-0.4, -0.2) is 49.5 Å². The van der Waals surface area contributed by atoms with Crippen molar-refractivity contribution in [2.75, 3.05) is 33.0 Å². The Morgan fingerprint density at radius 1 is 1.53 bits per heavy atom. The van der Waals surface area contributed by atoms with Crippen LogP contribution < -0.4 is 10.6 Å². The Balaban J connectivity index is 2.69. The minimum Gasteiger partial charge on any atom is -0.386 e. The SMILES string of the molecule is CNc1cnccc1C(=O)NC(C)CN(C)C. The Kier molecular flexibility index (Phi) is 4.90. The monoisotopic (exact) mass is 236 g/mol. The topological polar surface area (TPSA) is 57.3 Å². The van der Waals surface area contributed by atoms with E-state index in [4.69, 9.17) is 0 Å². The molecule has 1 atom stereocenters. The molecule has 1 heterocycles. The van der Waals surface area contributed by atoms with Crippen LogP contribution in [0.5, 0.6) is 0 Å². The van der Waals surface area contributed by atoms with Gasteiger partial charge < -0.3 is 15.5 Å². The van der Waals surface area contributed by atoms with Crippen molar-refractivity contribution in [3.05, 3.63) is 24.0 Å². The summed E-state index contributed by atoms with van der Waals surface area (Å²) in [6.07, 6.45) is 3.26. The van der Waals surface area contributed by atoms with E-state index in [0.29, 0.717) is 5.56 Å². The zero-order chi connectivity index (χ0) is 12.8. The molecule has 1 amide bonds. The maximum absolute atomic E-state index is 12.0. The zero-order valence-corrected chi connectivity index (χ0v) is 10.8. The third-order valence-electron chi connectivity index (χ3n) is 2.35. The number of hydrogen-bond acceptors (Lipinski definition) is 4. The third kappa shape index (κ3) is 4.03. The number of hydrogen-bond donors (Lipinski definition) is 2. The van der Waals surface area contributed by atoms with Gasteiger partial charge in [-0.3, -0.25) is 9.78 Å². The number of anilines is 1. The van der Waals surface area contributed by atoms with Gasteiger partial charge in [0.05, 0.1) is 17.4 Å². The number of nitrogens with one attached hydrogen (secondary N) is 2. The fourth-order valence-electron chi connectivity index (χ4n) is 1.69. The van der Waals surface area contributed by atoms with Gasteiger partial charge in [0, 0.05) is 25.8 Å². The van der Waals surface area contributed by atoms with Gasteiger partial charge in [-0.2, -0.15) is 0 Å². The summed E-state index contributed by atoms with van der Waals surface area (Å²) < 4.78 is 0. The van der Waals surface area contributed by atoms with Crippen LogP contribution in [0.1, 0.15) is 17.3 Å². The van der Waals surface area contributed by atoms with Gasteiger partial charge in [-0.05, 0) is 27.1 Å². The van der Waals surface area contributed by atoms with Crippen LogP contribution in [0.3, 0.4) is 0 Å². The number of aromatic nitrogens is 1. The highest BCUT2D eigenvalue weighted by Crippen LogP contribution is 2.12. The van der Waals surface area contributed by atoms with Crippen LogP contribution >= 0.6 is 0 Å². The summed E-state index contributed by atoms with van der Waals surface area (Å²) in [5.74, 6) is -0.0777. The standard InChI is InChI=1S/C12H20N4O/c1-9(8-16(3)4)15-12(17)10-5-6-14-7-11(10)13-2/h5-7,9,13H,8H2,1-4H3,(H,15,17). The quantitative estimate of drug-likeness (QED) is 0.794. The Hall–Kier alpha value is -1.62. The molecule has 0 radical (unpaired) electrons.